The van der Waals surface area contributed by atoms with E-state index in [1.54, 1.807) is 0 Å². The highest BCUT2D eigenvalue weighted by Gasteiger charge is 2.34. The molecule has 3 aliphatic rings. The fraction of sp³-hybridized carbons (Fsp3) is 0.714. The third-order valence-electron chi connectivity index (χ3n) is 4.16. The maximum absolute atomic E-state index is 5.43. The molecule has 0 spiro atoms. The largest absolute Gasteiger partial charge is 0.345 e. The van der Waals surface area contributed by atoms with E-state index in [0.717, 1.165) is 36.4 Å². The molecule has 0 aromatic carbocycles. The standard InChI is InChI=1S/C14H21BrN4S/c1-9(2)7-10-12(15)14(20)17-13(16-10)11-8-18-3-5-19(11)6-4-18/h9,11H,3-8H2,1-2H3,(H,16,17,20). The van der Waals surface area contributed by atoms with Crippen LogP contribution in [-0.4, -0.2) is 52.5 Å². The zero-order valence-corrected chi connectivity index (χ0v) is 14.4. The number of fused-ring (bicyclic) bond motifs is 3. The minimum absolute atomic E-state index is 0.373. The second kappa shape index (κ2) is 5.83. The molecule has 0 radical (unpaired) electrons. The summed E-state index contributed by atoms with van der Waals surface area (Å²) in [5.74, 6) is 1.64. The van der Waals surface area contributed by atoms with Crippen molar-refractivity contribution in [3.8, 4) is 0 Å². The minimum atomic E-state index is 0.373. The molecule has 0 saturated carbocycles. The van der Waals surface area contributed by atoms with Crippen LogP contribution in [0.2, 0.25) is 0 Å². The van der Waals surface area contributed by atoms with Gasteiger partial charge in [-0.2, -0.15) is 0 Å². The molecule has 110 valence electrons. The van der Waals surface area contributed by atoms with E-state index in [1.807, 2.05) is 0 Å². The minimum Gasteiger partial charge on any atom is -0.345 e. The van der Waals surface area contributed by atoms with Crippen molar-refractivity contribution >= 4 is 28.1 Å². The summed E-state index contributed by atoms with van der Waals surface area (Å²) in [4.78, 5) is 13.2. The van der Waals surface area contributed by atoms with Crippen molar-refractivity contribution in [2.75, 3.05) is 32.7 Å². The van der Waals surface area contributed by atoms with Crippen LogP contribution in [0.15, 0.2) is 4.47 Å². The number of rotatable bonds is 3. The number of hydrogen-bond acceptors (Lipinski definition) is 4. The molecule has 0 amide bonds. The monoisotopic (exact) mass is 356 g/mol. The molecule has 1 aromatic rings. The predicted molar refractivity (Wildman–Crippen MR) is 86.4 cm³/mol. The zero-order chi connectivity index (χ0) is 14.3. The average Bonchev–Trinajstić information content (AvgIpc) is 2.44. The summed E-state index contributed by atoms with van der Waals surface area (Å²) in [6, 6.07) is 0.373. The van der Waals surface area contributed by atoms with Crippen molar-refractivity contribution in [3.05, 3.63) is 20.6 Å². The fourth-order valence-corrected chi connectivity index (χ4v) is 3.68. The Morgan fingerprint density at radius 2 is 2.05 bits per heavy atom. The quantitative estimate of drug-likeness (QED) is 0.844. The maximum atomic E-state index is 5.43. The third kappa shape index (κ3) is 2.84. The molecule has 6 heteroatoms. The summed E-state index contributed by atoms with van der Waals surface area (Å²) in [6.07, 6.45) is 0.996. The first-order chi connectivity index (χ1) is 9.54. The average molecular weight is 357 g/mol. The van der Waals surface area contributed by atoms with Gasteiger partial charge in [-0.3, -0.25) is 9.80 Å². The molecule has 1 aromatic heterocycles. The number of halogens is 1. The first-order valence-corrected chi connectivity index (χ1v) is 8.49. The number of hydrogen-bond donors (Lipinski definition) is 1. The van der Waals surface area contributed by atoms with E-state index in [2.05, 4.69) is 49.5 Å². The Morgan fingerprint density at radius 1 is 1.35 bits per heavy atom. The normalized spacial score (nSPS) is 29.1. The van der Waals surface area contributed by atoms with Gasteiger partial charge in [-0.05, 0) is 28.3 Å². The summed E-state index contributed by atoms with van der Waals surface area (Å²) in [7, 11) is 0. The van der Waals surface area contributed by atoms with Crippen molar-refractivity contribution in [1.82, 2.24) is 19.8 Å². The second-order valence-electron chi connectivity index (χ2n) is 6.17. The van der Waals surface area contributed by atoms with Gasteiger partial charge in [0.2, 0.25) is 0 Å². The van der Waals surface area contributed by atoms with Crippen molar-refractivity contribution in [3.63, 3.8) is 0 Å². The Labute approximate surface area is 133 Å². The van der Waals surface area contributed by atoms with Crippen LogP contribution in [-0.2, 0) is 6.42 Å². The molecule has 4 nitrogen and oxygen atoms in total. The van der Waals surface area contributed by atoms with Crippen LogP contribution >= 0.6 is 28.1 Å². The van der Waals surface area contributed by atoms with Crippen molar-refractivity contribution in [2.24, 2.45) is 5.92 Å². The fourth-order valence-electron chi connectivity index (χ4n) is 3.11. The van der Waals surface area contributed by atoms with E-state index in [1.165, 1.54) is 18.8 Å². The molecule has 2 bridgehead atoms. The number of aromatic nitrogens is 2. The van der Waals surface area contributed by atoms with E-state index in [9.17, 15) is 0 Å². The number of nitrogens with zero attached hydrogens (tertiary/aromatic N) is 3. The van der Waals surface area contributed by atoms with Crippen molar-refractivity contribution in [1.29, 1.82) is 0 Å². The van der Waals surface area contributed by atoms with Gasteiger partial charge >= 0.3 is 0 Å². The van der Waals surface area contributed by atoms with Gasteiger partial charge in [0.15, 0.2) is 0 Å². The summed E-state index contributed by atoms with van der Waals surface area (Å²) in [5, 5.41) is 0. The number of H-pyrrole nitrogens is 1. The molecular formula is C14H21BrN4S. The number of nitrogens with one attached hydrogen (secondary N) is 1. The molecule has 4 rings (SSSR count). The third-order valence-corrected chi connectivity index (χ3v) is 5.57. The van der Waals surface area contributed by atoms with E-state index in [-0.39, 0.29) is 0 Å². The van der Waals surface area contributed by atoms with Crippen LogP contribution in [0.1, 0.15) is 31.4 Å². The van der Waals surface area contributed by atoms with Gasteiger partial charge in [-0.15, -0.1) is 0 Å². The molecule has 1 unspecified atom stereocenters. The van der Waals surface area contributed by atoms with Crippen LogP contribution in [0.25, 0.3) is 0 Å². The lowest BCUT2D eigenvalue weighted by molar-refractivity contribution is 0.00848. The topological polar surface area (TPSA) is 35.2 Å². The van der Waals surface area contributed by atoms with E-state index in [4.69, 9.17) is 12.2 Å². The molecule has 3 fully saturated rings. The summed E-state index contributed by atoms with van der Waals surface area (Å²) in [5.41, 5.74) is 1.19. The smallest absolute Gasteiger partial charge is 0.144 e. The summed E-state index contributed by atoms with van der Waals surface area (Å²) in [6.45, 7) is 10.2. The lowest BCUT2D eigenvalue weighted by Gasteiger charge is -2.46. The molecule has 3 saturated heterocycles. The maximum Gasteiger partial charge on any atom is 0.144 e. The Morgan fingerprint density at radius 3 is 2.60 bits per heavy atom. The first kappa shape index (κ1) is 14.6. The van der Waals surface area contributed by atoms with E-state index >= 15 is 0 Å². The molecule has 0 aliphatic carbocycles. The van der Waals surface area contributed by atoms with Gasteiger partial charge in [-0.25, -0.2) is 4.98 Å². The Balaban J connectivity index is 1.93. The van der Waals surface area contributed by atoms with Crippen molar-refractivity contribution in [2.45, 2.75) is 26.3 Å². The highest BCUT2D eigenvalue weighted by Crippen LogP contribution is 2.28. The molecule has 1 N–H and O–H groups in total. The number of piperazine rings is 3. The Kier molecular flexibility index (Phi) is 4.26. The van der Waals surface area contributed by atoms with Crippen LogP contribution in [0.4, 0.5) is 0 Å². The first-order valence-electron chi connectivity index (χ1n) is 7.29. The predicted octanol–water partition coefficient (Wildman–Crippen LogP) is 2.77. The van der Waals surface area contributed by atoms with Crippen LogP contribution in [0, 0.1) is 10.6 Å². The summed E-state index contributed by atoms with van der Waals surface area (Å²) >= 11 is 9.01. The van der Waals surface area contributed by atoms with Gasteiger partial charge in [0, 0.05) is 38.4 Å². The molecule has 3 aliphatic heterocycles. The molecule has 1 atom stereocenters. The van der Waals surface area contributed by atoms with Gasteiger partial charge in [0.05, 0.1) is 10.5 Å². The SMILES string of the molecule is CC(C)Cc1[nH]c(C2CN3CCN2CC3)nc(=S)c1Br. The lowest BCUT2D eigenvalue weighted by atomic mass is 10.1. The molecule has 20 heavy (non-hydrogen) atoms. The van der Waals surface area contributed by atoms with Crippen LogP contribution < -0.4 is 0 Å². The van der Waals surface area contributed by atoms with Crippen LogP contribution in [0.3, 0.4) is 0 Å². The lowest BCUT2D eigenvalue weighted by Crippen LogP contribution is -2.57. The molecular weight excluding hydrogens is 336 g/mol. The van der Waals surface area contributed by atoms with Crippen LogP contribution in [0.5, 0.6) is 0 Å². The molecule has 4 heterocycles. The van der Waals surface area contributed by atoms with Gasteiger partial charge in [-0.1, -0.05) is 26.1 Å². The number of aromatic amines is 1. The van der Waals surface area contributed by atoms with Gasteiger partial charge in [0.25, 0.3) is 0 Å². The van der Waals surface area contributed by atoms with Gasteiger partial charge in [0.1, 0.15) is 10.5 Å². The Hall–Kier alpha value is -0.300. The van der Waals surface area contributed by atoms with E-state index < -0.39 is 0 Å². The Bertz CT molecular complexity index is 549. The second-order valence-corrected chi connectivity index (χ2v) is 7.35. The zero-order valence-electron chi connectivity index (χ0n) is 12.0. The van der Waals surface area contributed by atoms with E-state index in [0.29, 0.717) is 16.6 Å². The summed E-state index contributed by atoms with van der Waals surface area (Å²) < 4.78 is 1.65. The highest BCUT2D eigenvalue weighted by atomic mass is 79.9. The van der Waals surface area contributed by atoms with Gasteiger partial charge < -0.3 is 4.98 Å². The highest BCUT2D eigenvalue weighted by molar-refractivity contribution is 9.10. The van der Waals surface area contributed by atoms with Crippen molar-refractivity contribution < 1.29 is 0 Å².